The Morgan fingerprint density at radius 3 is 2.83 bits per heavy atom. The molecule has 23 heavy (non-hydrogen) atoms. The van der Waals surface area contributed by atoms with Crippen molar-refractivity contribution >= 4 is 44.8 Å². The first-order valence-corrected chi connectivity index (χ1v) is 9.06. The van der Waals surface area contributed by atoms with E-state index in [1.54, 1.807) is 28.2 Å². The molecule has 6 heteroatoms. The van der Waals surface area contributed by atoms with Gasteiger partial charge in [0.1, 0.15) is 0 Å². The smallest absolute Gasteiger partial charge is 0.228 e. The van der Waals surface area contributed by atoms with Crippen molar-refractivity contribution in [2.45, 2.75) is 13.0 Å². The third-order valence-electron chi connectivity index (χ3n) is 3.97. The summed E-state index contributed by atoms with van der Waals surface area (Å²) in [7, 11) is 1.80. The molecule has 3 rings (SSSR count). The number of carbonyl (C=O) groups excluding carboxylic acids is 2. The molecular formula is C17H17BrN2O2S. The standard InChI is InChI=1S/C17H17BrN2O2S/c1-19(11-13-5-4-8-23-13)17(22)12-9-16(21)20(10-12)15-7-3-2-6-14(15)18/h2-8,12H,9-11H2,1H3/t12-/m0/s1. The normalized spacial score (nSPS) is 17.6. The molecule has 0 bridgehead atoms. The molecule has 1 aliphatic rings. The topological polar surface area (TPSA) is 40.6 Å². The van der Waals surface area contributed by atoms with E-state index in [4.69, 9.17) is 0 Å². The molecule has 1 saturated heterocycles. The number of thiophene rings is 1. The molecule has 1 aromatic carbocycles. The Hall–Kier alpha value is -1.66. The summed E-state index contributed by atoms with van der Waals surface area (Å²) < 4.78 is 0.869. The molecule has 0 saturated carbocycles. The fourth-order valence-corrected chi connectivity index (χ4v) is 4.06. The summed E-state index contributed by atoms with van der Waals surface area (Å²) in [6, 6.07) is 11.6. The van der Waals surface area contributed by atoms with Gasteiger partial charge in [-0.05, 0) is 39.5 Å². The highest BCUT2D eigenvalue weighted by Crippen LogP contribution is 2.32. The van der Waals surface area contributed by atoms with Crippen LogP contribution in [-0.2, 0) is 16.1 Å². The Bertz CT molecular complexity index is 717. The Morgan fingerprint density at radius 1 is 1.35 bits per heavy atom. The van der Waals surface area contributed by atoms with E-state index in [1.807, 2.05) is 41.8 Å². The SMILES string of the molecule is CN(Cc1cccs1)C(=O)[C@H]1CC(=O)N(c2ccccc2Br)C1. The molecule has 1 aliphatic heterocycles. The quantitative estimate of drug-likeness (QED) is 0.798. The van der Waals surface area contributed by atoms with Crippen LogP contribution in [0.5, 0.6) is 0 Å². The van der Waals surface area contributed by atoms with Crippen LogP contribution < -0.4 is 4.90 Å². The zero-order chi connectivity index (χ0) is 16.4. The molecule has 0 radical (unpaired) electrons. The summed E-state index contributed by atoms with van der Waals surface area (Å²) in [4.78, 5) is 29.5. The highest BCUT2D eigenvalue weighted by Gasteiger charge is 2.37. The van der Waals surface area contributed by atoms with Crippen LogP contribution in [0.2, 0.25) is 0 Å². The number of hydrogen-bond donors (Lipinski definition) is 0. The number of carbonyl (C=O) groups is 2. The Morgan fingerprint density at radius 2 is 2.13 bits per heavy atom. The molecular weight excluding hydrogens is 376 g/mol. The second kappa shape index (κ2) is 6.84. The molecule has 1 atom stereocenters. The summed E-state index contributed by atoms with van der Waals surface area (Å²) in [5.41, 5.74) is 0.828. The summed E-state index contributed by atoms with van der Waals surface area (Å²) >= 11 is 5.11. The summed E-state index contributed by atoms with van der Waals surface area (Å²) in [5, 5.41) is 2.00. The minimum Gasteiger partial charge on any atom is -0.340 e. The van der Waals surface area contributed by atoms with Gasteiger partial charge in [0.25, 0.3) is 0 Å². The van der Waals surface area contributed by atoms with Crippen LogP contribution in [-0.4, -0.2) is 30.3 Å². The van der Waals surface area contributed by atoms with E-state index in [2.05, 4.69) is 15.9 Å². The van der Waals surface area contributed by atoms with E-state index in [0.29, 0.717) is 13.1 Å². The highest BCUT2D eigenvalue weighted by molar-refractivity contribution is 9.10. The number of nitrogens with zero attached hydrogens (tertiary/aromatic N) is 2. The minimum absolute atomic E-state index is 0.000210. The minimum atomic E-state index is -0.278. The number of halogens is 1. The Balaban J connectivity index is 1.69. The maximum atomic E-state index is 12.6. The van der Waals surface area contributed by atoms with E-state index >= 15 is 0 Å². The van der Waals surface area contributed by atoms with Gasteiger partial charge in [0.2, 0.25) is 11.8 Å². The molecule has 4 nitrogen and oxygen atoms in total. The average molecular weight is 393 g/mol. The lowest BCUT2D eigenvalue weighted by atomic mass is 10.1. The monoisotopic (exact) mass is 392 g/mol. The lowest BCUT2D eigenvalue weighted by Crippen LogP contribution is -2.34. The lowest BCUT2D eigenvalue weighted by Gasteiger charge is -2.21. The largest absolute Gasteiger partial charge is 0.340 e. The summed E-state index contributed by atoms with van der Waals surface area (Å²) in [5.74, 6) is -0.249. The van der Waals surface area contributed by atoms with E-state index in [1.165, 1.54) is 0 Å². The Labute approximate surface area is 147 Å². The van der Waals surface area contributed by atoms with Crippen LogP contribution in [0.1, 0.15) is 11.3 Å². The third-order valence-corrected chi connectivity index (χ3v) is 5.50. The van der Waals surface area contributed by atoms with E-state index in [0.717, 1.165) is 15.0 Å². The molecule has 0 spiro atoms. The van der Waals surface area contributed by atoms with Gasteiger partial charge >= 0.3 is 0 Å². The van der Waals surface area contributed by atoms with Gasteiger partial charge in [0.05, 0.1) is 18.2 Å². The summed E-state index contributed by atoms with van der Waals surface area (Å²) in [6.45, 7) is 1.03. The highest BCUT2D eigenvalue weighted by atomic mass is 79.9. The van der Waals surface area contributed by atoms with E-state index < -0.39 is 0 Å². The lowest BCUT2D eigenvalue weighted by molar-refractivity contribution is -0.135. The van der Waals surface area contributed by atoms with Crippen molar-refractivity contribution in [1.82, 2.24) is 4.90 Å². The summed E-state index contributed by atoms with van der Waals surface area (Å²) in [6.07, 6.45) is 0.273. The number of rotatable bonds is 4. The first-order valence-electron chi connectivity index (χ1n) is 7.38. The van der Waals surface area contributed by atoms with Crippen molar-refractivity contribution in [3.63, 3.8) is 0 Å². The molecule has 2 aromatic rings. The van der Waals surface area contributed by atoms with Crippen molar-refractivity contribution in [1.29, 1.82) is 0 Å². The van der Waals surface area contributed by atoms with Crippen LogP contribution in [0, 0.1) is 5.92 Å². The fraction of sp³-hybridized carbons (Fsp3) is 0.294. The van der Waals surface area contributed by atoms with Crippen LogP contribution in [0.15, 0.2) is 46.3 Å². The molecule has 0 N–H and O–H groups in total. The van der Waals surface area contributed by atoms with Crippen LogP contribution >= 0.6 is 27.3 Å². The predicted molar refractivity (Wildman–Crippen MR) is 95.4 cm³/mol. The van der Waals surface area contributed by atoms with Crippen LogP contribution in [0.3, 0.4) is 0 Å². The number of anilines is 1. The maximum absolute atomic E-state index is 12.6. The van der Waals surface area contributed by atoms with E-state index in [-0.39, 0.29) is 24.2 Å². The third kappa shape index (κ3) is 3.48. The van der Waals surface area contributed by atoms with Crippen molar-refractivity contribution in [3.8, 4) is 0 Å². The second-order valence-corrected chi connectivity index (χ2v) is 7.52. The van der Waals surface area contributed by atoms with Gasteiger partial charge in [0.15, 0.2) is 0 Å². The molecule has 2 amide bonds. The van der Waals surface area contributed by atoms with Gasteiger partial charge in [-0.1, -0.05) is 18.2 Å². The molecule has 2 heterocycles. The molecule has 120 valence electrons. The molecule has 1 aromatic heterocycles. The zero-order valence-corrected chi connectivity index (χ0v) is 15.1. The van der Waals surface area contributed by atoms with Crippen LogP contribution in [0.4, 0.5) is 5.69 Å². The fourth-order valence-electron chi connectivity index (χ4n) is 2.80. The second-order valence-electron chi connectivity index (χ2n) is 5.63. The van der Waals surface area contributed by atoms with Crippen molar-refractivity contribution in [2.24, 2.45) is 5.92 Å². The predicted octanol–water partition coefficient (Wildman–Crippen LogP) is 3.52. The Kier molecular flexibility index (Phi) is 4.82. The van der Waals surface area contributed by atoms with Crippen molar-refractivity contribution < 1.29 is 9.59 Å². The number of amides is 2. The van der Waals surface area contributed by atoms with Gasteiger partial charge in [-0.15, -0.1) is 11.3 Å². The zero-order valence-electron chi connectivity index (χ0n) is 12.7. The first kappa shape index (κ1) is 16.2. The number of para-hydroxylation sites is 1. The van der Waals surface area contributed by atoms with Gasteiger partial charge in [0, 0.05) is 29.4 Å². The molecule has 0 aliphatic carbocycles. The van der Waals surface area contributed by atoms with Gasteiger partial charge in [-0.2, -0.15) is 0 Å². The van der Waals surface area contributed by atoms with Gasteiger partial charge in [-0.3, -0.25) is 9.59 Å². The van der Waals surface area contributed by atoms with E-state index in [9.17, 15) is 9.59 Å². The maximum Gasteiger partial charge on any atom is 0.228 e. The first-order chi connectivity index (χ1) is 11.1. The van der Waals surface area contributed by atoms with Crippen molar-refractivity contribution in [2.75, 3.05) is 18.5 Å². The van der Waals surface area contributed by atoms with Gasteiger partial charge in [-0.25, -0.2) is 0 Å². The number of benzene rings is 1. The van der Waals surface area contributed by atoms with Gasteiger partial charge < -0.3 is 9.80 Å². The molecule has 1 fully saturated rings. The number of hydrogen-bond acceptors (Lipinski definition) is 3. The van der Waals surface area contributed by atoms with Crippen LogP contribution in [0.25, 0.3) is 0 Å². The average Bonchev–Trinajstić information content (AvgIpc) is 3.17. The molecule has 0 unspecified atom stereocenters. The van der Waals surface area contributed by atoms with Crippen molar-refractivity contribution in [3.05, 3.63) is 51.1 Å².